The summed E-state index contributed by atoms with van der Waals surface area (Å²) in [6.45, 7) is 5.74. The van der Waals surface area contributed by atoms with Crippen molar-refractivity contribution >= 4 is 22.0 Å². The zero-order valence-corrected chi connectivity index (χ0v) is 18.3. The van der Waals surface area contributed by atoms with Gasteiger partial charge in [-0.25, -0.2) is 8.42 Å². The minimum absolute atomic E-state index is 0.0179. The van der Waals surface area contributed by atoms with Crippen LogP contribution in [0.1, 0.15) is 23.1 Å². The van der Waals surface area contributed by atoms with Crippen LogP contribution in [0.5, 0.6) is 5.75 Å². The van der Waals surface area contributed by atoms with Crippen molar-refractivity contribution in [3.05, 3.63) is 70.6 Å². The normalized spacial score (nSPS) is 15.5. The average Bonchev–Trinajstić information content (AvgIpc) is 2.75. The van der Waals surface area contributed by atoms with Crippen molar-refractivity contribution in [3.63, 3.8) is 0 Å². The van der Waals surface area contributed by atoms with Crippen molar-refractivity contribution in [1.82, 2.24) is 9.21 Å². The summed E-state index contributed by atoms with van der Waals surface area (Å²) in [5, 5.41) is 1.23. The number of benzene rings is 2. The molecule has 30 heavy (non-hydrogen) atoms. The Hall–Kier alpha value is -2.64. The van der Waals surface area contributed by atoms with Gasteiger partial charge in [-0.3, -0.25) is 4.79 Å². The molecule has 0 saturated carbocycles. The van der Waals surface area contributed by atoms with Crippen LogP contribution in [-0.2, 0) is 14.8 Å². The Balaban J connectivity index is 1.45. The minimum Gasteiger partial charge on any atom is -0.493 e. The first-order valence-electron chi connectivity index (χ1n) is 10.1. The van der Waals surface area contributed by atoms with Gasteiger partial charge in [-0.1, -0.05) is 36.4 Å². The fourth-order valence-electron chi connectivity index (χ4n) is 3.22. The molecule has 1 saturated heterocycles. The van der Waals surface area contributed by atoms with Gasteiger partial charge in [0.2, 0.25) is 15.9 Å². The SMILES string of the molecule is Cc1ccc(OCCC(=O)N2CCN(S(=O)(=O)/C=C/c3ccccc3)CC2)cc1C. The number of hydrogen-bond acceptors (Lipinski definition) is 4. The zero-order valence-electron chi connectivity index (χ0n) is 17.5. The molecule has 160 valence electrons. The molecule has 0 atom stereocenters. The van der Waals surface area contributed by atoms with Crippen LogP contribution in [0.3, 0.4) is 0 Å². The van der Waals surface area contributed by atoms with E-state index in [0.29, 0.717) is 32.8 Å². The lowest BCUT2D eigenvalue weighted by Gasteiger charge is -2.33. The number of amides is 1. The smallest absolute Gasteiger partial charge is 0.236 e. The average molecular weight is 429 g/mol. The number of sulfonamides is 1. The predicted octanol–water partition coefficient (Wildman–Crippen LogP) is 3.22. The maximum absolute atomic E-state index is 12.5. The van der Waals surface area contributed by atoms with Crippen LogP contribution in [0.15, 0.2) is 53.9 Å². The molecule has 1 aliphatic heterocycles. The highest BCUT2D eigenvalue weighted by Gasteiger charge is 2.27. The molecule has 7 heteroatoms. The van der Waals surface area contributed by atoms with Crippen LogP contribution in [-0.4, -0.2) is 56.3 Å². The number of hydrogen-bond donors (Lipinski definition) is 0. The van der Waals surface area contributed by atoms with Crippen molar-refractivity contribution in [2.24, 2.45) is 0 Å². The first-order chi connectivity index (χ1) is 14.3. The fourth-order valence-corrected chi connectivity index (χ4v) is 4.40. The topological polar surface area (TPSA) is 66.9 Å². The van der Waals surface area contributed by atoms with E-state index in [9.17, 15) is 13.2 Å². The lowest BCUT2D eigenvalue weighted by molar-refractivity contribution is -0.132. The molecule has 0 spiro atoms. The van der Waals surface area contributed by atoms with Gasteiger partial charge in [-0.05, 0) is 48.7 Å². The predicted molar refractivity (Wildman–Crippen MR) is 119 cm³/mol. The molecule has 1 amide bonds. The summed E-state index contributed by atoms with van der Waals surface area (Å²) in [4.78, 5) is 14.1. The van der Waals surface area contributed by atoms with Crippen LogP contribution in [0.2, 0.25) is 0 Å². The Labute approximate surface area is 178 Å². The molecule has 0 bridgehead atoms. The quantitative estimate of drug-likeness (QED) is 0.679. The largest absolute Gasteiger partial charge is 0.493 e. The summed E-state index contributed by atoms with van der Waals surface area (Å²) < 4.78 is 32.2. The third kappa shape index (κ3) is 5.93. The van der Waals surface area contributed by atoms with E-state index in [0.717, 1.165) is 16.9 Å². The number of rotatable bonds is 7. The van der Waals surface area contributed by atoms with E-state index in [1.54, 1.807) is 11.0 Å². The number of piperazine rings is 1. The van der Waals surface area contributed by atoms with Gasteiger partial charge in [-0.15, -0.1) is 0 Å². The number of nitrogens with zero attached hydrogens (tertiary/aromatic N) is 2. The number of carbonyl (C=O) groups is 1. The fraction of sp³-hybridized carbons (Fsp3) is 0.348. The van der Waals surface area contributed by atoms with Gasteiger partial charge < -0.3 is 9.64 Å². The molecule has 0 aromatic heterocycles. The maximum Gasteiger partial charge on any atom is 0.236 e. The third-order valence-electron chi connectivity index (χ3n) is 5.25. The summed E-state index contributed by atoms with van der Waals surface area (Å²) in [5.74, 6) is 0.739. The second-order valence-corrected chi connectivity index (χ2v) is 9.20. The molecule has 3 rings (SSSR count). The molecule has 1 fully saturated rings. The van der Waals surface area contributed by atoms with Crippen LogP contribution in [0.25, 0.3) is 6.08 Å². The standard InChI is InChI=1S/C23H28N2O4S/c1-19-8-9-22(18-20(19)2)29-16-10-23(26)24-12-14-25(15-13-24)30(27,28)17-11-21-6-4-3-5-7-21/h3-9,11,17-18H,10,12-16H2,1-2H3/b17-11+. The monoisotopic (exact) mass is 428 g/mol. The lowest BCUT2D eigenvalue weighted by Crippen LogP contribution is -2.50. The Kier molecular flexibility index (Phi) is 7.29. The second-order valence-electron chi connectivity index (χ2n) is 7.38. The Morgan fingerprint density at radius 3 is 2.37 bits per heavy atom. The van der Waals surface area contributed by atoms with Gasteiger partial charge >= 0.3 is 0 Å². The second kappa shape index (κ2) is 9.91. The lowest BCUT2D eigenvalue weighted by atomic mass is 10.1. The molecule has 2 aromatic rings. The molecule has 0 unspecified atom stereocenters. The van der Waals surface area contributed by atoms with E-state index in [-0.39, 0.29) is 12.3 Å². The highest BCUT2D eigenvalue weighted by atomic mass is 32.2. The van der Waals surface area contributed by atoms with E-state index in [1.807, 2.05) is 62.4 Å². The molecule has 2 aromatic carbocycles. The summed E-state index contributed by atoms with van der Waals surface area (Å²) in [6, 6.07) is 15.2. The summed E-state index contributed by atoms with van der Waals surface area (Å²) in [5.41, 5.74) is 3.18. The number of ether oxygens (including phenoxy) is 1. The minimum atomic E-state index is -3.50. The summed E-state index contributed by atoms with van der Waals surface area (Å²) in [7, 11) is -3.50. The van der Waals surface area contributed by atoms with Gasteiger partial charge in [0.05, 0.1) is 13.0 Å². The first-order valence-corrected chi connectivity index (χ1v) is 11.6. The van der Waals surface area contributed by atoms with Crippen molar-refractivity contribution < 1.29 is 17.9 Å². The maximum atomic E-state index is 12.5. The Bertz CT molecular complexity index is 995. The van der Waals surface area contributed by atoms with Crippen molar-refractivity contribution in [2.45, 2.75) is 20.3 Å². The molecule has 0 aliphatic carbocycles. The van der Waals surface area contributed by atoms with Gasteiger partial charge in [0.15, 0.2) is 0 Å². The summed E-state index contributed by atoms with van der Waals surface area (Å²) >= 11 is 0. The number of aryl methyl sites for hydroxylation is 2. The van der Waals surface area contributed by atoms with E-state index < -0.39 is 10.0 Å². The van der Waals surface area contributed by atoms with E-state index in [4.69, 9.17) is 4.74 Å². The van der Waals surface area contributed by atoms with E-state index in [1.165, 1.54) is 15.3 Å². The van der Waals surface area contributed by atoms with E-state index >= 15 is 0 Å². The summed E-state index contributed by atoms with van der Waals surface area (Å²) in [6.07, 6.45) is 1.87. The molecule has 0 radical (unpaired) electrons. The molecular weight excluding hydrogens is 400 g/mol. The van der Waals surface area contributed by atoms with Crippen LogP contribution < -0.4 is 4.74 Å². The molecule has 0 N–H and O–H groups in total. The van der Waals surface area contributed by atoms with Crippen LogP contribution >= 0.6 is 0 Å². The van der Waals surface area contributed by atoms with Crippen molar-refractivity contribution in [3.8, 4) is 5.75 Å². The first kappa shape index (κ1) is 22.1. The zero-order chi connectivity index (χ0) is 21.6. The highest BCUT2D eigenvalue weighted by molar-refractivity contribution is 7.92. The molecule has 1 aliphatic rings. The Morgan fingerprint density at radius 1 is 1.00 bits per heavy atom. The number of carbonyl (C=O) groups excluding carboxylic acids is 1. The van der Waals surface area contributed by atoms with Gasteiger partial charge in [-0.2, -0.15) is 4.31 Å². The highest BCUT2D eigenvalue weighted by Crippen LogP contribution is 2.17. The van der Waals surface area contributed by atoms with E-state index in [2.05, 4.69) is 0 Å². The molecule has 1 heterocycles. The van der Waals surface area contributed by atoms with Crippen molar-refractivity contribution in [1.29, 1.82) is 0 Å². The van der Waals surface area contributed by atoms with Crippen molar-refractivity contribution in [2.75, 3.05) is 32.8 Å². The molecule has 6 nitrogen and oxygen atoms in total. The van der Waals surface area contributed by atoms with Gasteiger partial charge in [0.25, 0.3) is 0 Å². The third-order valence-corrected chi connectivity index (χ3v) is 6.81. The molecular formula is C23H28N2O4S. The van der Waals surface area contributed by atoms with Gasteiger partial charge in [0, 0.05) is 31.6 Å². The Morgan fingerprint density at radius 2 is 1.70 bits per heavy atom. The van der Waals surface area contributed by atoms with Crippen LogP contribution in [0.4, 0.5) is 0 Å². The van der Waals surface area contributed by atoms with Crippen LogP contribution in [0, 0.1) is 13.8 Å². The van der Waals surface area contributed by atoms with Gasteiger partial charge in [0.1, 0.15) is 5.75 Å².